The van der Waals surface area contributed by atoms with Crippen LogP contribution >= 0.6 is 0 Å². The second kappa shape index (κ2) is 11.6. The van der Waals surface area contributed by atoms with E-state index >= 15 is 0 Å². The Kier molecular flexibility index (Phi) is 9.23. The number of hydrogen-bond acceptors (Lipinski definition) is 7. The number of pyridine rings is 1. The number of carbonyl (C=O) groups is 1. The second-order valence-electron chi connectivity index (χ2n) is 8.19. The third kappa shape index (κ3) is 7.09. The molecule has 1 aliphatic carbocycles. The summed E-state index contributed by atoms with van der Waals surface area (Å²) in [5.74, 6) is 7.04. The van der Waals surface area contributed by atoms with Gasteiger partial charge in [0.05, 0.1) is 42.0 Å². The van der Waals surface area contributed by atoms with Gasteiger partial charge in [-0.15, -0.1) is 0 Å². The highest BCUT2D eigenvalue weighted by Gasteiger charge is 2.18. The number of ether oxygens (including phenoxy) is 2. The normalized spacial score (nSPS) is 15.5. The molecule has 5 N–H and O–H groups in total. The molecule has 1 amide bonds. The quantitative estimate of drug-likeness (QED) is 0.416. The summed E-state index contributed by atoms with van der Waals surface area (Å²) in [6, 6.07) is 3.77. The monoisotopic (exact) mass is 419 g/mol. The van der Waals surface area contributed by atoms with Crippen molar-refractivity contribution in [2.45, 2.75) is 65.4 Å². The first-order valence-electron chi connectivity index (χ1n) is 10.9. The molecule has 0 spiro atoms. The van der Waals surface area contributed by atoms with E-state index in [-0.39, 0.29) is 18.6 Å². The van der Waals surface area contributed by atoms with Crippen molar-refractivity contribution in [2.75, 3.05) is 20.2 Å². The molecule has 30 heavy (non-hydrogen) atoms. The highest BCUT2D eigenvalue weighted by atomic mass is 16.5. The average Bonchev–Trinajstić information content (AvgIpc) is 2.73. The van der Waals surface area contributed by atoms with Crippen LogP contribution in [0.15, 0.2) is 17.8 Å². The Hall–Kier alpha value is -2.48. The zero-order valence-corrected chi connectivity index (χ0v) is 18.7. The van der Waals surface area contributed by atoms with Gasteiger partial charge < -0.3 is 25.5 Å². The highest BCUT2D eigenvalue weighted by molar-refractivity contribution is 5.69. The molecular formula is C22H37N5O3. The first kappa shape index (κ1) is 23.8. The van der Waals surface area contributed by atoms with Crippen LogP contribution in [0.1, 0.15) is 64.3 Å². The van der Waals surface area contributed by atoms with Crippen molar-refractivity contribution in [3.8, 4) is 5.75 Å². The van der Waals surface area contributed by atoms with Crippen LogP contribution in [0.3, 0.4) is 0 Å². The van der Waals surface area contributed by atoms with Crippen molar-refractivity contribution in [3.63, 3.8) is 0 Å². The van der Waals surface area contributed by atoms with Gasteiger partial charge in [-0.25, -0.2) is 15.6 Å². The molecule has 0 atom stereocenters. The van der Waals surface area contributed by atoms with Crippen LogP contribution in [0.2, 0.25) is 0 Å². The Morgan fingerprint density at radius 3 is 2.60 bits per heavy atom. The first-order chi connectivity index (χ1) is 14.3. The number of hydrazine groups is 1. The van der Waals surface area contributed by atoms with Crippen molar-refractivity contribution >= 4 is 11.8 Å². The van der Waals surface area contributed by atoms with Gasteiger partial charge in [0.1, 0.15) is 5.75 Å². The number of nitrogens with zero attached hydrogens (tertiary/aromatic N) is 2. The van der Waals surface area contributed by atoms with Crippen LogP contribution < -0.4 is 21.6 Å². The maximum Gasteiger partial charge on any atom is 0.407 e. The summed E-state index contributed by atoms with van der Waals surface area (Å²) in [5, 5.41) is 4.08. The Morgan fingerprint density at radius 2 is 2.00 bits per heavy atom. The molecular weight excluding hydrogens is 382 g/mol. The molecule has 1 aromatic heterocycles. The van der Waals surface area contributed by atoms with Crippen molar-refractivity contribution in [1.29, 1.82) is 0 Å². The predicted octanol–water partition coefficient (Wildman–Crippen LogP) is 3.17. The fraction of sp³-hybridized carbons (Fsp3) is 0.636. The number of carbonyl (C=O) groups excluding carboxylic acids is 1. The number of rotatable bonds is 9. The molecule has 0 aromatic carbocycles. The van der Waals surface area contributed by atoms with Crippen molar-refractivity contribution in [1.82, 2.24) is 15.3 Å². The molecule has 0 unspecified atom stereocenters. The van der Waals surface area contributed by atoms with Crippen molar-refractivity contribution in [3.05, 3.63) is 29.2 Å². The molecule has 0 saturated heterocycles. The average molecular weight is 420 g/mol. The Balaban J connectivity index is 2.14. The van der Waals surface area contributed by atoms with E-state index in [1.165, 1.54) is 24.3 Å². The van der Waals surface area contributed by atoms with Crippen molar-refractivity contribution < 1.29 is 14.3 Å². The van der Waals surface area contributed by atoms with Gasteiger partial charge in [-0.05, 0) is 50.2 Å². The highest BCUT2D eigenvalue weighted by Crippen LogP contribution is 2.27. The fourth-order valence-corrected chi connectivity index (χ4v) is 3.37. The molecule has 1 heterocycles. The number of amides is 1. The number of nitrogens with one attached hydrogen (secondary N) is 1. The number of aryl methyl sites for hydroxylation is 1. The van der Waals surface area contributed by atoms with Gasteiger partial charge in [0.15, 0.2) is 0 Å². The van der Waals surface area contributed by atoms with Crippen LogP contribution in [-0.4, -0.2) is 42.4 Å². The third-order valence-corrected chi connectivity index (χ3v) is 5.07. The molecule has 8 nitrogen and oxygen atoms in total. The van der Waals surface area contributed by atoms with Crippen LogP contribution in [0.4, 0.5) is 4.79 Å². The second-order valence-corrected chi connectivity index (χ2v) is 8.19. The van der Waals surface area contributed by atoms with Crippen LogP contribution in [0.25, 0.3) is 5.70 Å². The largest absolute Gasteiger partial charge is 0.489 e. The Morgan fingerprint density at radius 1 is 1.30 bits per heavy atom. The minimum atomic E-state index is -0.505. The Bertz CT molecular complexity index is 727. The molecule has 168 valence electrons. The van der Waals surface area contributed by atoms with Gasteiger partial charge in [0.25, 0.3) is 0 Å². The first-order valence-corrected chi connectivity index (χ1v) is 10.9. The van der Waals surface area contributed by atoms with E-state index in [0.29, 0.717) is 23.7 Å². The zero-order valence-electron chi connectivity index (χ0n) is 18.7. The van der Waals surface area contributed by atoms with Gasteiger partial charge in [-0.3, -0.25) is 0 Å². The smallest absolute Gasteiger partial charge is 0.407 e. The van der Waals surface area contributed by atoms with Gasteiger partial charge in [0, 0.05) is 7.05 Å². The van der Waals surface area contributed by atoms with E-state index in [1.54, 1.807) is 7.05 Å². The van der Waals surface area contributed by atoms with E-state index < -0.39 is 6.09 Å². The number of hydrogen-bond donors (Lipinski definition) is 3. The van der Waals surface area contributed by atoms with E-state index in [2.05, 4.69) is 5.32 Å². The van der Waals surface area contributed by atoms with Crippen LogP contribution in [0.5, 0.6) is 5.75 Å². The van der Waals surface area contributed by atoms with E-state index in [9.17, 15) is 4.79 Å². The molecule has 0 aliphatic heterocycles. The fourth-order valence-electron chi connectivity index (χ4n) is 3.37. The number of aromatic nitrogens is 1. The minimum Gasteiger partial charge on any atom is -0.489 e. The number of alkyl carbamates (subject to hydrolysis) is 1. The maximum atomic E-state index is 11.9. The lowest BCUT2D eigenvalue weighted by Gasteiger charge is -2.24. The van der Waals surface area contributed by atoms with Gasteiger partial charge >= 0.3 is 6.09 Å². The topological polar surface area (TPSA) is 116 Å². The number of likely N-dealkylation sites (N-methyl/N-ethyl adjacent to an activating group) is 1. The van der Waals surface area contributed by atoms with Gasteiger partial charge in [0.2, 0.25) is 0 Å². The standard InChI is InChI=1S/C22H37N5O3/c1-5-17-20(30-16-9-7-6-8-10-16)12-11-18(26-17)21(23)19(27(4)24)13-25-22(28)29-14-15(2)3/h11-12,15-16H,5-10,13-14,23-24H2,1-4H3,(H,25,28)/b21-19-. The van der Waals surface area contributed by atoms with E-state index in [0.717, 1.165) is 30.7 Å². The summed E-state index contributed by atoms with van der Waals surface area (Å²) in [4.78, 5) is 16.6. The molecule has 2 rings (SSSR count). The van der Waals surface area contributed by atoms with Gasteiger partial charge in [-0.1, -0.05) is 27.2 Å². The Labute approximate surface area is 180 Å². The molecule has 0 radical (unpaired) electrons. The van der Waals surface area contributed by atoms with Crippen molar-refractivity contribution in [2.24, 2.45) is 17.5 Å². The van der Waals surface area contributed by atoms with Crippen LogP contribution in [0, 0.1) is 5.92 Å². The molecule has 0 bridgehead atoms. The SMILES string of the molecule is CCc1nc(/C(N)=C(\CNC(=O)OCC(C)C)N(C)N)ccc1OC1CCCCC1. The maximum absolute atomic E-state index is 11.9. The minimum absolute atomic E-state index is 0.138. The molecule has 1 aliphatic rings. The summed E-state index contributed by atoms with van der Waals surface area (Å²) in [6.07, 6.45) is 6.38. The predicted molar refractivity (Wildman–Crippen MR) is 118 cm³/mol. The summed E-state index contributed by atoms with van der Waals surface area (Å²) >= 11 is 0. The molecule has 1 aromatic rings. The van der Waals surface area contributed by atoms with E-state index in [1.807, 2.05) is 32.9 Å². The lowest BCUT2D eigenvalue weighted by molar-refractivity contribution is 0.133. The van der Waals surface area contributed by atoms with Gasteiger partial charge in [-0.2, -0.15) is 0 Å². The summed E-state index contributed by atoms with van der Waals surface area (Å²) in [7, 11) is 1.67. The molecule has 1 saturated carbocycles. The lowest BCUT2D eigenvalue weighted by atomic mass is 9.98. The van der Waals surface area contributed by atoms with Crippen LogP contribution in [-0.2, 0) is 11.2 Å². The van der Waals surface area contributed by atoms with E-state index in [4.69, 9.17) is 26.0 Å². The molecule has 1 fully saturated rings. The summed E-state index contributed by atoms with van der Waals surface area (Å²) in [6.45, 7) is 6.48. The lowest BCUT2D eigenvalue weighted by Crippen LogP contribution is -2.37. The number of nitrogens with two attached hydrogens (primary N) is 2. The summed E-state index contributed by atoms with van der Waals surface area (Å²) in [5.41, 5.74) is 8.79. The summed E-state index contributed by atoms with van der Waals surface area (Å²) < 4.78 is 11.4. The molecule has 8 heteroatoms. The zero-order chi connectivity index (χ0) is 22.1. The third-order valence-electron chi connectivity index (χ3n) is 5.07.